The number of fused-ring (bicyclic) bond motifs is 1. The molecule has 0 bridgehead atoms. The number of nitrogens with one attached hydrogen (secondary N) is 1. The Morgan fingerprint density at radius 2 is 1.88 bits per heavy atom. The maximum absolute atomic E-state index is 12.7. The molecule has 0 heterocycles. The summed E-state index contributed by atoms with van der Waals surface area (Å²) in [5, 5.41) is 9.29. The number of hydrogen-bond donors (Lipinski definition) is 2. The van der Waals surface area contributed by atoms with E-state index in [1.807, 2.05) is 6.07 Å². The van der Waals surface area contributed by atoms with Gasteiger partial charge in [0.1, 0.15) is 0 Å². The number of hydroxylamine groups is 1. The molecule has 2 aromatic carbocycles. The molecule has 2 N–H and O–H groups in total. The van der Waals surface area contributed by atoms with Gasteiger partial charge in [-0.25, -0.2) is 13.9 Å². The minimum atomic E-state index is -3.50. The fraction of sp³-hybridized carbons (Fsp3) is 0.278. The molecular formula is C18H17Cl2NO4S. The molecule has 1 aliphatic carbocycles. The van der Waals surface area contributed by atoms with E-state index in [1.165, 1.54) is 18.2 Å². The number of aryl methyl sites for hydroxylation is 1. The number of sulfone groups is 1. The van der Waals surface area contributed by atoms with Crippen molar-refractivity contribution in [3.63, 3.8) is 0 Å². The maximum atomic E-state index is 12.7. The van der Waals surface area contributed by atoms with Crippen LogP contribution < -0.4 is 5.48 Å². The summed E-state index contributed by atoms with van der Waals surface area (Å²) in [4.78, 5) is 11.7. The first kappa shape index (κ1) is 19.2. The lowest BCUT2D eigenvalue weighted by atomic mass is 9.84. The molecule has 0 fully saturated rings. The Hall–Kier alpha value is -1.60. The third-order valence-corrected chi connectivity index (χ3v) is 7.23. The zero-order valence-electron chi connectivity index (χ0n) is 13.7. The first-order chi connectivity index (χ1) is 12.3. The number of amides is 1. The number of halogens is 2. The van der Waals surface area contributed by atoms with E-state index in [9.17, 15) is 13.2 Å². The molecule has 0 saturated heterocycles. The van der Waals surface area contributed by atoms with Gasteiger partial charge in [0.15, 0.2) is 9.84 Å². The highest BCUT2D eigenvalue weighted by molar-refractivity contribution is 7.91. The summed E-state index contributed by atoms with van der Waals surface area (Å²) >= 11 is 11.8. The molecule has 8 heteroatoms. The zero-order valence-corrected chi connectivity index (χ0v) is 16.0. The van der Waals surface area contributed by atoms with Crippen LogP contribution in [-0.2, 0) is 22.7 Å². The van der Waals surface area contributed by atoms with Gasteiger partial charge in [0.25, 0.3) is 5.91 Å². The Bertz CT molecular complexity index is 960. The Kier molecular flexibility index (Phi) is 5.58. The second-order valence-electron chi connectivity index (χ2n) is 6.39. The summed E-state index contributed by atoms with van der Waals surface area (Å²) in [6.07, 6.45) is 2.06. The monoisotopic (exact) mass is 413 g/mol. The van der Waals surface area contributed by atoms with Crippen LogP contribution in [0.5, 0.6) is 0 Å². The van der Waals surface area contributed by atoms with Crippen LogP contribution in [0.3, 0.4) is 0 Å². The number of benzene rings is 2. The lowest BCUT2D eigenvalue weighted by Gasteiger charge is -2.25. The van der Waals surface area contributed by atoms with Crippen LogP contribution in [0.2, 0.25) is 10.0 Å². The Morgan fingerprint density at radius 1 is 1.12 bits per heavy atom. The molecule has 1 atom stereocenters. The first-order valence-corrected chi connectivity index (χ1v) is 10.4. The standard InChI is InChI=1S/C18H17Cl2NO4S/c19-16-6-5-15(9-17(16)20)26(24,25)10-11-1-2-12-3-4-13(18(22)21-23)8-14(12)7-11/h3-6,8-9,11,23H,1-2,7,10H2,(H,21,22). The van der Waals surface area contributed by atoms with E-state index in [0.29, 0.717) is 17.0 Å². The van der Waals surface area contributed by atoms with Crippen LogP contribution in [-0.4, -0.2) is 25.3 Å². The number of carbonyl (C=O) groups is 1. The molecule has 0 radical (unpaired) electrons. The number of hydrogen-bond acceptors (Lipinski definition) is 4. The summed E-state index contributed by atoms with van der Waals surface area (Å²) < 4.78 is 25.4. The van der Waals surface area contributed by atoms with Gasteiger partial charge in [-0.15, -0.1) is 0 Å². The fourth-order valence-corrected chi connectivity index (χ4v) is 5.29. The van der Waals surface area contributed by atoms with E-state index in [2.05, 4.69) is 0 Å². The van der Waals surface area contributed by atoms with E-state index in [0.717, 1.165) is 24.0 Å². The molecule has 5 nitrogen and oxygen atoms in total. The average Bonchev–Trinajstić information content (AvgIpc) is 2.62. The lowest BCUT2D eigenvalue weighted by molar-refractivity contribution is 0.0706. The molecule has 0 aliphatic heterocycles. The fourth-order valence-electron chi connectivity index (χ4n) is 3.26. The first-order valence-electron chi connectivity index (χ1n) is 8.04. The smallest absolute Gasteiger partial charge is 0.274 e. The summed E-state index contributed by atoms with van der Waals surface area (Å²) in [5.74, 6) is -0.645. The Labute approximate surface area is 161 Å². The van der Waals surface area contributed by atoms with Crippen molar-refractivity contribution in [1.82, 2.24) is 5.48 Å². The van der Waals surface area contributed by atoms with Crippen molar-refractivity contribution in [2.75, 3.05) is 5.75 Å². The van der Waals surface area contributed by atoms with Gasteiger partial charge in [-0.1, -0.05) is 29.3 Å². The highest BCUT2D eigenvalue weighted by Crippen LogP contribution is 2.30. The second-order valence-corrected chi connectivity index (χ2v) is 9.24. The molecule has 0 aromatic heterocycles. The topological polar surface area (TPSA) is 83.5 Å². The minimum Gasteiger partial charge on any atom is -0.288 e. The summed E-state index contributed by atoms with van der Waals surface area (Å²) in [7, 11) is -3.50. The summed E-state index contributed by atoms with van der Waals surface area (Å²) in [6, 6.07) is 9.52. The number of rotatable bonds is 4. The van der Waals surface area contributed by atoms with Crippen molar-refractivity contribution < 1.29 is 18.4 Å². The van der Waals surface area contributed by atoms with Crippen molar-refractivity contribution in [3.8, 4) is 0 Å². The van der Waals surface area contributed by atoms with Gasteiger partial charge >= 0.3 is 0 Å². The van der Waals surface area contributed by atoms with Gasteiger partial charge in [0.05, 0.1) is 20.7 Å². The lowest BCUT2D eigenvalue weighted by Crippen LogP contribution is -2.24. The molecule has 1 amide bonds. The molecule has 0 spiro atoms. The average molecular weight is 414 g/mol. The van der Waals surface area contributed by atoms with Crippen molar-refractivity contribution >= 4 is 38.9 Å². The van der Waals surface area contributed by atoms with Crippen molar-refractivity contribution in [2.45, 2.75) is 24.2 Å². The highest BCUT2D eigenvalue weighted by Gasteiger charge is 2.26. The van der Waals surface area contributed by atoms with Gasteiger partial charge in [-0.3, -0.25) is 10.0 Å². The van der Waals surface area contributed by atoms with Crippen LogP contribution >= 0.6 is 23.2 Å². The highest BCUT2D eigenvalue weighted by atomic mass is 35.5. The van der Waals surface area contributed by atoms with Crippen molar-refractivity contribution in [2.24, 2.45) is 5.92 Å². The zero-order chi connectivity index (χ0) is 18.9. The third-order valence-electron chi connectivity index (χ3n) is 4.61. The van der Waals surface area contributed by atoms with Gasteiger partial charge in [-0.05, 0) is 66.6 Å². The normalized spacial score (nSPS) is 16.8. The van der Waals surface area contributed by atoms with Gasteiger partial charge in [0.2, 0.25) is 0 Å². The molecule has 138 valence electrons. The predicted molar refractivity (Wildman–Crippen MR) is 99.7 cm³/mol. The van der Waals surface area contributed by atoms with E-state index in [1.54, 1.807) is 17.6 Å². The quantitative estimate of drug-likeness (QED) is 0.591. The second kappa shape index (κ2) is 7.56. The molecule has 1 aliphatic rings. The predicted octanol–water partition coefficient (Wildman–Crippen LogP) is 3.69. The molecular weight excluding hydrogens is 397 g/mol. The van der Waals surface area contributed by atoms with Gasteiger partial charge in [-0.2, -0.15) is 0 Å². The molecule has 2 aromatic rings. The van der Waals surface area contributed by atoms with E-state index in [-0.39, 0.29) is 21.6 Å². The largest absolute Gasteiger partial charge is 0.288 e. The van der Waals surface area contributed by atoms with Crippen LogP contribution in [0.15, 0.2) is 41.3 Å². The molecule has 3 rings (SSSR count). The number of carbonyl (C=O) groups excluding carboxylic acids is 1. The van der Waals surface area contributed by atoms with Crippen molar-refractivity contribution in [3.05, 3.63) is 63.1 Å². The van der Waals surface area contributed by atoms with Crippen LogP contribution in [0.25, 0.3) is 0 Å². The molecule has 0 saturated carbocycles. The van der Waals surface area contributed by atoms with Crippen LogP contribution in [0, 0.1) is 5.92 Å². The van der Waals surface area contributed by atoms with E-state index < -0.39 is 15.7 Å². The minimum absolute atomic E-state index is 0.000819. The summed E-state index contributed by atoms with van der Waals surface area (Å²) in [6.45, 7) is 0. The van der Waals surface area contributed by atoms with E-state index >= 15 is 0 Å². The van der Waals surface area contributed by atoms with Crippen LogP contribution in [0.1, 0.15) is 27.9 Å². The summed E-state index contributed by atoms with van der Waals surface area (Å²) in [5.41, 5.74) is 3.99. The van der Waals surface area contributed by atoms with Gasteiger partial charge in [0, 0.05) is 5.56 Å². The Morgan fingerprint density at radius 3 is 2.58 bits per heavy atom. The van der Waals surface area contributed by atoms with Crippen molar-refractivity contribution in [1.29, 1.82) is 0 Å². The molecule has 26 heavy (non-hydrogen) atoms. The third kappa shape index (κ3) is 4.04. The maximum Gasteiger partial charge on any atom is 0.274 e. The SMILES string of the molecule is O=C(NO)c1ccc2c(c1)CC(CS(=O)(=O)c1ccc(Cl)c(Cl)c1)CC2. The van der Waals surface area contributed by atoms with Gasteiger partial charge < -0.3 is 0 Å². The molecule has 1 unspecified atom stereocenters. The Balaban J connectivity index is 1.80. The van der Waals surface area contributed by atoms with Crippen LogP contribution in [0.4, 0.5) is 0 Å². The van der Waals surface area contributed by atoms with E-state index in [4.69, 9.17) is 28.4 Å².